The molecule has 3 aromatic rings. The van der Waals surface area contributed by atoms with Gasteiger partial charge in [0.15, 0.2) is 0 Å². The first-order chi connectivity index (χ1) is 15.4. The maximum Gasteiger partial charge on any atom is 0.255 e. The second-order valence-electron chi connectivity index (χ2n) is 6.86. The molecule has 8 heteroatoms. The SMILES string of the molecule is CCN(CC(=O)Nc1c(F)cccc1F)C(=O)c1ccc(NC(=O)c2ccccc2)cc1. The molecule has 0 aliphatic heterocycles. The lowest BCUT2D eigenvalue weighted by Gasteiger charge is -2.21. The van der Waals surface area contributed by atoms with Crippen LogP contribution in [0.2, 0.25) is 0 Å². The molecule has 3 amide bonds. The Morgan fingerprint density at radius 1 is 0.781 bits per heavy atom. The highest BCUT2D eigenvalue weighted by Gasteiger charge is 2.19. The maximum atomic E-state index is 13.7. The Kier molecular flexibility index (Phi) is 7.28. The van der Waals surface area contributed by atoms with Crippen molar-refractivity contribution < 1.29 is 23.2 Å². The zero-order chi connectivity index (χ0) is 23.1. The van der Waals surface area contributed by atoms with Crippen molar-refractivity contribution >= 4 is 29.1 Å². The molecule has 0 aromatic heterocycles. The van der Waals surface area contributed by atoms with Crippen LogP contribution in [0, 0.1) is 11.6 Å². The lowest BCUT2D eigenvalue weighted by molar-refractivity contribution is -0.116. The number of para-hydroxylation sites is 1. The highest BCUT2D eigenvalue weighted by Crippen LogP contribution is 2.18. The molecule has 3 rings (SSSR count). The van der Waals surface area contributed by atoms with E-state index in [4.69, 9.17) is 0 Å². The van der Waals surface area contributed by atoms with Crippen LogP contribution < -0.4 is 10.6 Å². The summed E-state index contributed by atoms with van der Waals surface area (Å²) in [6.07, 6.45) is 0. The normalized spacial score (nSPS) is 10.3. The van der Waals surface area contributed by atoms with E-state index in [1.807, 2.05) is 6.07 Å². The molecule has 164 valence electrons. The Hall–Kier alpha value is -4.07. The van der Waals surface area contributed by atoms with E-state index in [9.17, 15) is 23.2 Å². The van der Waals surface area contributed by atoms with Crippen LogP contribution >= 0.6 is 0 Å². The highest BCUT2D eigenvalue weighted by atomic mass is 19.1. The second-order valence-corrected chi connectivity index (χ2v) is 6.86. The van der Waals surface area contributed by atoms with Crippen LogP contribution in [0.25, 0.3) is 0 Å². The fourth-order valence-electron chi connectivity index (χ4n) is 2.97. The van der Waals surface area contributed by atoms with Gasteiger partial charge in [-0.05, 0) is 55.5 Å². The van der Waals surface area contributed by atoms with Crippen molar-refractivity contribution in [2.24, 2.45) is 0 Å². The number of hydrogen-bond acceptors (Lipinski definition) is 3. The van der Waals surface area contributed by atoms with Crippen LogP contribution in [0.3, 0.4) is 0 Å². The van der Waals surface area contributed by atoms with E-state index < -0.39 is 29.1 Å². The van der Waals surface area contributed by atoms with Crippen molar-refractivity contribution in [2.45, 2.75) is 6.92 Å². The molecule has 0 radical (unpaired) electrons. The standard InChI is InChI=1S/C24H21F2N3O3/c1-2-29(15-21(30)28-22-19(25)9-6-10-20(22)26)24(32)17-11-13-18(14-12-17)27-23(31)16-7-4-3-5-8-16/h3-14H,2,15H2,1H3,(H,27,31)(H,28,30). The predicted molar refractivity (Wildman–Crippen MR) is 117 cm³/mol. The average Bonchev–Trinajstić information content (AvgIpc) is 2.80. The maximum absolute atomic E-state index is 13.7. The van der Waals surface area contributed by atoms with Gasteiger partial charge in [0.2, 0.25) is 5.91 Å². The molecule has 0 heterocycles. The summed E-state index contributed by atoms with van der Waals surface area (Å²) in [5, 5.41) is 4.90. The first-order valence-corrected chi connectivity index (χ1v) is 9.88. The van der Waals surface area contributed by atoms with Gasteiger partial charge in [-0.3, -0.25) is 14.4 Å². The molecule has 0 saturated carbocycles. The minimum atomic E-state index is -0.902. The number of halogens is 2. The van der Waals surface area contributed by atoms with Gasteiger partial charge in [0.1, 0.15) is 23.9 Å². The van der Waals surface area contributed by atoms with Crippen LogP contribution in [0.15, 0.2) is 72.8 Å². The molecule has 0 fully saturated rings. The number of nitrogens with zero attached hydrogens (tertiary/aromatic N) is 1. The zero-order valence-electron chi connectivity index (χ0n) is 17.3. The molecule has 0 saturated heterocycles. The van der Waals surface area contributed by atoms with Gasteiger partial charge in [0, 0.05) is 23.4 Å². The Labute approximate surface area is 183 Å². The van der Waals surface area contributed by atoms with Crippen LogP contribution in [0.1, 0.15) is 27.6 Å². The number of likely N-dealkylation sites (N-methyl/N-ethyl adjacent to an activating group) is 1. The minimum absolute atomic E-state index is 0.207. The Morgan fingerprint density at radius 3 is 2.00 bits per heavy atom. The Balaban J connectivity index is 1.63. The Bertz CT molecular complexity index is 1100. The van der Waals surface area contributed by atoms with Crippen molar-refractivity contribution in [3.05, 3.63) is 95.6 Å². The van der Waals surface area contributed by atoms with Gasteiger partial charge in [0.25, 0.3) is 11.8 Å². The van der Waals surface area contributed by atoms with E-state index in [1.165, 1.54) is 23.1 Å². The third-order valence-electron chi connectivity index (χ3n) is 4.66. The molecular formula is C24H21F2N3O3. The van der Waals surface area contributed by atoms with Gasteiger partial charge in [-0.25, -0.2) is 8.78 Å². The number of rotatable bonds is 7. The monoisotopic (exact) mass is 437 g/mol. The van der Waals surface area contributed by atoms with E-state index >= 15 is 0 Å². The number of benzene rings is 3. The number of carbonyl (C=O) groups is 3. The third-order valence-corrected chi connectivity index (χ3v) is 4.66. The summed E-state index contributed by atoms with van der Waals surface area (Å²) in [7, 11) is 0. The lowest BCUT2D eigenvalue weighted by Crippen LogP contribution is -2.38. The van der Waals surface area contributed by atoms with Crippen molar-refractivity contribution in [1.29, 1.82) is 0 Å². The summed E-state index contributed by atoms with van der Waals surface area (Å²) in [4.78, 5) is 38.5. The van der Waals surface area contributed by atoms with Crippen molar-refractivity contribution in [3.63, 3.8) is 0 Å². The van der Waals surface area contributed by atoms with Crippen molar-refractivity contribution in [2.75, 3.05) is 23.7 Å². The molecule has 0 atom stereocenters. The summed E-state index contributed by atoms with van der Waals surface area (Å²) in [6.45, 7) is 1.51. The molecule has 0 bridgehead atoms. The van der Waals surface area contributed by atoms with Crippen LogP contribution in [-0.4, -0.2) is 35.7 Å². The predicted octanol–water partition coefficient (Wildman–Crippen LogP) is 4.32. The molecule has 0 aliphatic carbocycles. The first kappa shape index (κ1) is 22.6. The fraction of sp³-hybridized carbons (Fsp3) is 0.125. The van der Waals surface area contributed by atoms with Gasteiger partial charge < -0.3 is 15.5 Å². The second kappa shape index (κ2) is 10.3. The lowest BCUT2D eigenvalue weighted by atomic mass is 10.1. The number of amides is 3. The quantitative estimate of drug-likeness (QED) is 0.578. The Morgan fingerprint density at radius 2 is 1.41 bits per heavy atom. The molecular weight excluding hydrogens is 416 g/mol. The van der Waals surface area contributed by atoms with E-state index in [0.29, 0.717) is 16.8 Å². The summed E-state index contributed by atoms with van der Waals surface area (Å²) < 4.78 is 27.5. The summed E-state index contributed by atoms with van der Waals surface area (Å²) in [5.41, 5.74) is 0.752. The van der Waals surface area contributed by atoms with E-state index in [-0.39, 0.29) is 19.0 Å². The topological polar surface area (TPSA) is 78.5 Å². The van der Waals surface area contributed by atoms with E-state index in [1.54, 1.807) is 43.3 Å². The molecule has 0 unspecified atom stereocenters. The van der Waals surface area contributed by atoms with Crippen molar-refractivity contribution in [3.8, 4) is 0 Å². The smallest absolute Gasteiger partial charge is 0.255 e. The number of carbonyl (C=O) groups excluding carboxylic acids is 3. The average molecular weight is 437 g/mol. The van der Waals surface area contributed by atoms with Crippen LogP contribution in [-0.2, 0) is 4.79 Å². The molecule has 3 aromatic carbocycles. The first-order valence-electron chi connectivity index (χ1n) is 9.88. The van der Waals surface area contributed by atoms with E-state index in [0.717, 1.165) is 12.1 Å². The number of nitrogens with one attached hydrogen (secondary N) is 2. The molecule has 32 heavy (non-hydrogen) atoms. The summed E-state index contributed by atoms with van der Waals surface area (Å²) >= 11 is 0. The van der Waals surface area contributed by atoms with E-state index in [2.05, 4.69) is 10.6 Å². The molecule has 2 N–H and O–H groups in total. The third kappa shape index (κ3) is 5.54. The van der Waals surface area contributed by atoms with Gasteiger partial charge in [-0.15, -0.1) is 0 Å². The van der Waals surface area contributed by atoms with Gasteiger partial charge in [-0.2, -0.15) is 0 Å². The molecule has 0 aliphatic rings. The van der Waals surface area contributed by atoms with Crippen LogP contribution in [0.5, 0.6) is 0 Å². The fourth-order valence-corrected chi connectivity index (χ4v) is 2.97. The number of hydrogen-bond donors (Lipinski definition) is 2. The number of anilines is 2. The summed E-state index contributed by atoms with van der Waals surface area (Å²) in [5.74, 6) is -3.24. The van der Waals surface area contributed by atoms with Gasteiger partial charge in [0.05, 0.1) is 0 Å². The van der Waals surface area contributed by atoms with Crippen molar-refractivity contribution in [1.82, 2.24) is 4.90 Å². The van der Waals surface area contributed by atoms with Gasteiger partial charge >= 0.3 is 0 Å². The molecule has 6 nitrogen and oxygen atoms in total. The molecule has 0 spiro atoms. The summed E-state index contributed by atoms with van der Waals surface area (Å²) in [6, 6.07) is 18.2. The highest BCUT2D eigenvalue weighted by molar-refractivity contribution is 6.04. The minimum Gasteiger partial charge on any atom is -0.330 e. The van der Waals surface area contributed by atoms with Crippen LogP contribution in [0.4, 0.5) is 20.2 Å². The zero-order valence-corrected chi connectivity index (χ0v) is 17.3. The van der Waals surface area contributed by atoms with Gasteiger partial charge in [-0.1, -0.05) is 24.3 Å². The largest absolute Gasteiger partial charge is 0.330 e.